The van der Waals surface area contributed by atoms with E-state index < -0.39 is 0 Å². The van der Waals surface area contributed by atoms with E-state index in [1.165, 1.54) is 0 Å². The molecule has 0 spiro atoms. The number of amides is 1. The zero-order valence-corrected chi connectivity index (χ0v) is 6.42. The van der Waals surface area contributed by atoms with Crippen LogP contribution in [-0.2, 0) is 9.59 Å². The van der Waals surface area contributed by atoms with Crippen molar-refractivity contribution < 1.29 is 14.7 Å². The third kappa shape index (κ3) is 28.3. The second kappa shape index (κ2) is 6.07. The second-order valence-electron chi connectivity index (χ2n) is 2.62. The summed E-state index contributed by atoms with van der Waals surface area (Å²) >= 11 is 0. The number of carbonyl (C=O) groups is 2. The van der Waals surface area contributed by atoms with Gasteiger partial charge in [-0.15, -0.1) is 0 Å². The third-order valence-corrected chi connectivity index (χ3v) is 0.492. The molecule has 0 fully saturated rings. The maximum atomic E-state index is 9.71. The van der Waals surface area contributed by atoms with Crippen LogP contribution < -0.4 is 5.32 Å². The van der Waals surface area contributed by atoms with Gasteiger partial charge in [-0.25, -0.2) is 0 Å². The lowest BCUT2D eigenvalue weighted by Gasteiger charge is -2.15. The number of carboxylic acid groups (broad SMARTS) is 1. The van der Waals surface area contributed by atoms with Crippen molar-refractivity contribution in [3.8, 4) is 0 Å². The summed E-state index contributed by atoms with van der Waals surface area (Å²) in [5.74, 6) is 0. The first-order chi connectivity index (χ1) is 4.47. The summed E-state index contributed by atoms with van der Waals surface area (Å²) in [6, 6.07) is 0. The van der Waals surface area contributed by atoms with Gasteiger partial charge < -0.3 is 10.4 Å². The van der Waals surface area contributed by atoms with Crippen LogP contribution in [0.15, 0.2) is 0 Å². The van der Waals surface area contributed by atoms with Gasteiger partial charge in [0, 0.05) is 5.54 Å². The predicted molar refractivity (Wildman–Crippen MR) is 37.6 cm³/mol. The summed E-state index contributed by atoms with van der Waals surface area (Å²) in [4.78, 5) is 18.1. The average Bonchev–Trinajstić information content (AvgIpc) is 1.63. The molecule has 2 N–H and O–H groups in total. The quantitative estimate of drug-likeness (QED) is 0.522. The van der Waals surface area contributed by atoms with Gasteiger partial charge in [0.1, 0.15) is 0 Å². The van der Waals surface area contributed by atoms with Crippen molar-refractivity contribution in [2.45, 2.75) is 26.3 Å². The van der Waals surface area contributed by atoms with Crippen LogP contribution >= 0.6 is 0 Å². The minimum atomic E-state index is -0.250. The molecule has 10 heavy (non-hydrogen) atoms. The summed E-state index contributed by atoms with van der Waals surface area (Å²) in [6.07, 6.45) is 0.708. The molecule has 0 aliphatic carbocycles. The van der Waals surface area contributed by atoms with E-state index >= 15 is 0 Å². The first kappa shape index (κ1) is 11.7. The topological polar surface area (TPSA) is 66.4 Å². The summed E-state index contributed by atoms with van der Waals surface area (Å²) in [6.45, 7) is 5.55. The summed E-state index contributed by atoms with van der Waals surface area (Å²) in [5, 5.41) is 9.49. The predicted octanol–water partition coefficient (Wildman–Crippen LogP) is 0.232. The molecule has 0 rings (SSSR count). The lowest BCUT2D eigenvalue weighted by Crippen LogP contribution is -2.34. The minimum Gasteiger partial charge on any atom is -0.483 e. The normalized spacial score (nSPS) is 8.70. The van der Waals surface area contributed by atoms with Crippen molar-refractivity contribution in [3.63, 3.8) is 0 Å². The number of rotatable bonds is 1. The van der Waals surface area contributed by atoms with E-state index in [2.05, 4.69) is 5.32 Å². The standard InChI is InChI=1S/C5H11NO.CH2O2/c1-5(2,3)6-4-7;2-1-3/h4H,1-3H3,(H,6,7);1H,(H,2,3). The molecule has 0 radical (unpaired) electrons. The van der Waals surface area contributed by atoms with Gasteiger partial charge in [-0.2, -0.15) is 0 Å². The summed E-state index contributed by atoms with van der Waals surface area (Å²) in [5.41, 5.74) is -0.0677. The van der Waals surface area contributed by atoms with Gasteiger partial charge in [-0.1, -0.05) is 0 Å². The first-order valence-corrected chi connectivity index (χ1v) is 2.77. The van der Waals surface area contributed by atoms with Gasteiger partial charge in [0.2, 0.25) is 6.41 Å². The van der Waals surface area contributed by atoms with Crippen LogP contribution in [0.4, 0.5) is 0 Å². The molecule has 4 heteroatoms. The fourth-order valence-corrected chi connectivity index (χ4v) is 0.177. The second-order valence-corrected chi connectivity index (χ2v) is 2.62. The van der Waals surface area contributed by atoms with E-state index in [1.54, 1.807) is 0 Å². The van der Waals surface area contributed by atoms with Gasteiger partial charge in [0.25, 0.3) is 6.47 Å². The van der Waals surface area contributed by atoms with Crippen LogP contribution in [-0.4, -0.2) is 23.5 Å². The van der Waals surface area contributed by atoms with Crippen molar-refractivity contribution in [1.29, 1.82) is 0 Å². The van der Waals surface area contributed by atoms with E-state index in [0.29, 0.717) is 6.41 Å². The number of nitrogens with one attached hydrogen (secondary N) is 1. The molecular formula is C6H13NO3. The average molecular weight is 147 g/mol. The number of carbonyl (C=O) groups excluding carboxylic acids is 1. The highest BCUT2D eigenvalue weighted by molar-refractivity contribution is 5.47. The largest absolute Gasteiger partial charge is 0.483 e. The lowest BCUT2D eigenvalue weighted by molar-refractivity contribution is -0.122. The van der Waals surface area contributed by atoms with Gasteiger partial charge in [-0.3, -0.25) is 9.59 Å². The molecule has 0 bridgehead atoms. The maximum Gasteiger partial charge on any atom is 0.290 e. The maximum absolute atomic E-state index is 9.71. The monoisotopic (exact) mass is 147 g/mol. The molecule has 4 nitrogen and oxygen atoms in total. The van der Waals surface area contributed by atoms with Gasteiger partial charge >= 0.3 is 0 Å². The molecule has 0 heterocycles. The fourth-order valence-electron chi connectivity index (χ4n) is 0.177. The molecule has 0 saturated carbocycles. The zero-order chi connectivity index (χ0) is 8.62. The highest BCUT2D eigenvalue weighted by Gasteiger charge is 2.04. The first-order valence-electron chi connectivity index (χ1n) is 2.77. The Labute approximate surface area is 60.2 Å². The zero-order valence-electron chi connectivity index (χ0n) is 6.42. The van der Waals surface area contributed by atoms with Gasteiger partial charge in [-0.05, 0) is 20.8 Å². The van der Waals surface area contributed by atoms with Crippen molar-refractivity contribution in [2.75, 3.05) is 0 Å². The van der Waals surface area contributed by atoms with Crippen molar-refractivity contribution >= 4 is 12.9 Å². The van der Waals surface area contributed by atoms with E-state index in [-0.39, 0.29) is 12.0 Å². The Morgan fingerprint density at radius 3 is 1.60 bits per heavy atom. The molecule has 0 aliphatic rings. The molecule has 0 aromatic heterocycles. The lowest BCUT2D eigenvalue weighted by atomic mass is 10.1. The van der Waals surface area contributed by atoms with Crippen LogP contribution in [0.3, 0.4) is 0 Å². The molecule has 0 aliphatic heterocycles. The van der Waals surface area contributed by atoms with E-state index in [9.17, 15) is 4.79 Å². The minimum absolute atomic E-state index is 0.0677. The molecule has 0 saturated heterocycles. The molecule has 60 valence electrons. The summed E-state index contributed by atoms with van der Waals surface area (Å²) in [7, 11) is 0. The van der Waals surface area contributed by atoms with Gasteiger partial charge in [0.05, 0.1) is 0 Å². The summed E-state index contributed by atoms with van der Waals surface area (Å²) < 4.78 is 0. The number of hydrogen-bond acceptors (Lipinski definition) is 2. The van der Waals surface area contributed by atoms with E-state index in [0.717, 1.165) is 0 Å². The van der Waals surface area contributed by atoms with E-state index in [1.807, 2.05) is 20.8 Å². The molecule has 0 aromatic carbocycles. The van der Waals surface area contributed by atoms with Crippen molar-refractivity contribution in [1.82, 2.24) is 5.32 Å². The van der Waals surface area contributed by atoms with Crippen molar-refractivity contribution in [2.24, 2.45) is 0 Å². The fraction of sp³-hybridized carbons (Fsp3) is 0.667. The Morgan fingerprint density at radius 2 is 1.60 bits per heavy atom. The van der Waals surface area contributed by atoms with E-state index in [4.69, 9.17) is 9.90 Å². The smallest absolute Gasteiger partial charge is 0.290 e. The molecule has 0 aromatic rings. The van der Waals surface area contributed by atoms with Gasteiger partial charge in [0.15, 0.2) is 0 Å². The molecular weight excluding hydrogens is 134 g/mol. The Balaban J connectivity index is 0. The Hall–Kier alpha value is -1.06. The van der Waals surface area contributed by atoms with Crippen LogP contribution in [0.25, 0.3) is 0 Å². The molecule has 0 unspecified atom stereocenters. The Kier molecular flexibility index (Phi) is 7.10. The Bertz CT molecular complexity index is 95.7. The molecule has 1 amide bonds. The van der Waals surface area contributed by atoms with Crippen LogP contribution in [0.5, 0.6) is 0 Å². The highest BCUT2D eigenvalue weighted by atomic mass is 16.3. The third-order valence-electron chi connectivity index (χ3n) is 0.492. The Morgan fingerprint density at radius 1 is 1.30 bits per heavy atom. The highest BCUT2D eigenvalue weighted by Crippen LogP contribution is 1.94. The van der Waals surface area contributed by atoms with Crippen molar-refractivity contribution in [3.05, 3.63) is 0 Å². The van der Waals surface area contributed by atoms with Crippen LogP contribution in [0, 0.1) is 0 Å². The number of hydrogen-bond donors (Lipinski definition) is 2. The molecule has 0 atom stereocenters. The van der Waals surface area contributed by atoms with Crippen LogP contribution in [0.2, 0.25) is 0 Å². The SMILES string of the molecule is CC(C)(C)NC=O.O=CO. The van der Waals surface area contributed by atoms with Crippen LogP contribution in [0.1, 0.15) is 20.8 Å².